The van der Waals surface area contributed by atoms with Crippen molar-refractivity contribution in [1.29, 1.82) is 0 Å². The molecule has 1 saturated heterocycles. The zero-order valence-corrected chi connectivity index (χ0v) is 18.3. The second-order valence-corrected chi connectivity index (χ2v) is 14.0. The number of hydrogen-bond donors (Lipinski definition) is 1. The number of anilines is 2. The van der Waals surface area contributed by atoms with Crippen molar-refractivity contribution >= 4 is 46.7 Å². The van der Waals surface area contributed by atoms with Crippen LogP contribution in [0.25, 0.3) is 10.9 Å². The number of pyridine rings is 1. The molecule has 140 valence electrons. The molecular formula is C20H24BrN5Si. The zero-order valence-electron chi connectivity index (χ0n) is 15.7. The minimum Gasteiger partial charge on any atom is -0.357 e. The Hall–Kier alpha value is -1.99. The van der Waals surface area contributed by atoms with E-state index in [2.05, 4.69) is 62.4 Å². The summed E-state index contributed by atoms with van der Waals surface area (Å²) in [5.74, 6) is 1.73. The van der Waals surface area contributed by atoms with Gasteiger partial charge in [-0.2, -0.15) is 4.98 Å². The number of benzene rings is 1. The molecule has 3 aromatic rings. The molecule has 0 unspecified atom stereocenters. The summed E-state index contributed by atoms with van der Waals surface area (Å²) in [6.45, 7) is 7.81. The fourth-order valence-corrected chi connectivity index (χ4v) is 5.63. The Morgan fingerprint density at radius 3 is 2.59 bits per heavy atom. The summed E-state index contributed by atoms with van der Waals surface area (Å²) in [4.78, 5) is 16.3. The van der Waals surface area contributed by atoms with E-state index >= 15 is 0 Å². The van der Waals surface area contributed by atoms with Gasteiger partial charge < -0.3 is 10.2 Å². The highest BCUT2D eigenvalue weighted by atomic mass is 79.9. The molecule has 0 spiro atoms. The summed E-state index contributed by atoms with van der Waals surface area (Å²) in [7, 11) is -1.02. The third kappa shape index (κ3) is 4.30. The maximum Gasteiger partial charge on any atom is 0.225 e. The van der Waals surface area contributed by atoms with Crippen LogP contribution in [0.1, 0.15) is 5.56 Å². The van der Waals surface area contributed by atoms with Crippen LogP contribution in [0.2, 0.25) is 25.2 Å². The monoisotopic (exact) mass is 441 g/mol. The maximum atomic E-state index is 4.89. The summed E-state index contributed by atoms with van der Waals surface area (Å²) in [6.07, 6.45) is 1.86. The largest absolute Gasteiger partial charge is 0.357 e. The van der Waals surface area contributed by atoms with E-state index in [0.717, 1.165) is 40.0 Å². The van der Waals surface area contributed by atoms with E-state index in [0.29, 0.717) is 12.5 Å². The van der Waals surface area contributed by atoms with Crippen molar-refractivity contribution in [3.05, 3.63) is 52.8 Å². The van der Waals surface area contributed by atoms with Gasteiger partial charge in [-0.15, -0.1) is 0 Å². The number of aromatic nitrogens is 3. The molecule has 0 atom stereocenters. The molecule has 5 nitrogen and oxygen atoms in total. The van der Waals surface area contributed by atoms with Crippen LogP contribution in [0, 0.1) is 0 Å². The third-order valence-corrected chi connectivity index (χ3v) is 8.86. The van der Waals surface area contributed by atoms with E-state index in [1.54, 1.807) is 0 Å². The quantitative estimate of drug-likeness (QED) is 0.459. The molecule has 2 aromatic heterocycles. The van der Waals surface area contributed by atoms with Gasteiger partial charge in [0.15, 0.2) is 0 Å². The van der Waals surface area contributed by atoms with Gasteiger partial charge in [-0.3, -0.25) is 0 Å². The lowest BCUT2D eigenvalue weighted by Crippen LogP contribution is -2.43. The highest BCUT2D eigenvalue weighted by molar-refractivity contribution is 9.10. The molecular weight excluding hydrogens is 418 g/mol. The second-order valence-electron chi connectivity index (χ2n) is 7.88. The van der Waals surface area contributed by atoms with Crippen LogP contribution in [0.3, 0.4) is 0 Å². The van der Waals surface area contributed by atoms with E-state index in [9.17, 15) is 0 Å². The fraction of sp³-hybridized carbons (Fsp3) is 0.350. The van der Waals surface area contributed by atoms with Crippen molar-refractivity contribution in [3.63, 3.8) is 0 Å². The first kappa shape index (κ1) is 18.4. The molecule has 0 aliphatic carbocycles. The van der Waals surface area contributed by atoms with Crippen LogP contribution in [0.4, 0.5) is 11.8 Å². The minimum absolute atomic E-state index is 0.651. The highest BCUT2D eigenvalue weighted by Crippen LogP contribution is 2.30. The molecule has 1 aliphatic rings. The Kier molecular flexibility index (Phi) is 5.14. The van der Waals surface area contributed by atoms with Crippen LogP contribution in [0.5, 0.6) is 0 Å². The van der Waals surface area contributed by atoms with E-state index in [-0.39, 0.29) is 0 Å². The smallest absolute Gasteiger partial charge is 0.225 e. The van der Waals surface area contributed by atoms with Gasteiger partial charge in [0.2, 0.25) is 5.95 Å². The molecule has 0 saturated carbocycles. The zero-order chi connectivity index (χ0) is 18.9. The normalized spacial score (nSPS) is 16.5. The first-order chi connectivity index (χ1) is 13.0. The molecule has 0 bridgehead atoms. The number of halogens is 1. The third-order valence-electron chi connectivity index (χ3n) is 5.24. The standard InChI is InChI=1S/C20H24BrN5Si/c1-27(2)11-9-26(10-12-27)19-16-5-3-4-6-17(16)24-20(25-19)23-14-15-7-8-18(21)22-13-15/h3-8,13H,9-12,14H2,1-2H3,(H,23,24,25). The van der Waals surface area contributed by atoms with Gasteiger partial charge in [-0.25, -0.2) is 9.97 Å². The number of nitrogens with one attached hydrogen (secondary N) is 1. The van der Waals surface area contributed by atoms with Gasteiger partial charge in [0, 0.05) is 31.2 Å². The van der Waals surface area contributed by atoms with E-state index in [1.807, 2.05) is 24.4 Å². The van der Waals surface area contributed by atoms with Crippen LogP contribution in [-0.2, 0) is 6.54 Å². The molecule has 27 heavy (non-hydrogen) atoms. The number of nitrogens with zero attached hydrogens (tertiary/aromatic N) is 4. The summed E-state index contributed by atoms with van der Waals surface area (Å²) in [6, 6.07) is 14.9. The molecule has 4 rings (SSSR count). The van der Waals surface area contributed by atoms with E-state index < -0.39 is 8.07 Å². The maximum absolute atomic E-state index is 4.89. The van der Waals surface area contributed by atoms with Crippen LogP contribution < -0.4 is 10.2 Å². The molecule has 3 heterocycles. The van der Waals surface area contributed by atoms with Gasteiger partial charge in [0.05, 0.1) is 13.6 Å². The number of para-hydroxylation sites is 1. The predicted molar refractivity (Wildman–Crippen MR) is 118 cm³/mol. The van der Waals surface area contributed by atoms with Crippen LogP contribution in [-0.4, -0.2) is 36.1 Å². The van der Waals surface area contributed by atoms with Crippen LogP contribution in [0.15, 0.2) is 47.2 Å². The van der Waals surface area contributed by atoms with Crippen molar-refractivity contribution in [2.24, 2.45) is 0 Å². The SMILES string of the molecule is C[Si]1(C)CCN(c2nc(NCc3ccc(Br)nc3)nc3ccccc23)CC1. The summed E-state index contributed by atoms with van der Waals surface area (Å²) in [5, 5.41) is 4.51. The van der Waals surface area contributed by atoms with Crippen molar-refractivity contribution < 1.29 is 0 Å². The van der Waals surface area contributed by atoms with Gasteiger partial charge in [-0.1, -0.05) is 31.3 Å². The van der Waals surface area contributed by atoms with Crippen molar-refractivity contribution in [1.82, 2.24) is 15.0 Å². The molecule has 7 heteroatoms. The van der Waals surface area contributed by atoms with Crippen molar-refractivity contribution in [2.45, 2.75) is 31.7 Å². The Labute approximate surface area is 169 Å². The Balaban J connectivity index is 1.61. The average molecular weight is 442 g/mol. The number of fused-ring (bicyclic) bond motifs is 1. The summed E-state index contributed by atoms with van der Waals surface area (Å²) in [5.41, 5.74) is 2.09. The molecule has 0 amide bonds. The topological polar surface area (TPSA) is 53.9 Å². The van der Waals surface area contributed by atoms with Gasteiger partial charge in [0.25, 0.3) is 0 Å². The van der Waals surface area contributed by atoms with Gasteiger partial charge >= 0.3 is 0 Å². The Morgan fingerprint density at radius 1 is 1.07 bits per heavy atom. The lowest BCUT2D eigenvalue weighted by atomic mass is 10.2. The van der Waals surface area contributed by atoms with Gasteiger partial charge in [0.1, 0.15) is 10.4 Å². The van der Waals surface area contributed by atoms with Crippen molar-refractivity contribution in [2.75, 3.05) is 23.3 Å². The molecule has 1 N–H and O–H groups in total. The van der Waals surface area contributed by atoms with Gasteiger partial charge in [-0.05, 0) is 51.8 Å². The van der Waals surface area contributed by atoms with Crippen LogP contribution >= 0.6 is 15.9 Å². The molecule has 1 aliphatic heterocycles. The highest BCUT2D eigenvalue weighted by Gasteiger charge is 2.28. The van der Waals surface area contributed by atoms with E-state index in [4.69, 9.17) is 9.97 Å². The van der Waals surface area contributed by atoms with Crippen molar-refractivity contribution in [3.8, 4) is 0 Å². The summed E-state index contributed by atoms with van der Waals surface area (Å²) >= 11 is 3.37. The minimum atomic E-state index is -1.02. The second kappa shape index (κ2) is 7.56. The van der Waals surface area contributed by atoms with E-state index in [1.165, 1.54) is 12.1 Å². The fourth-order valence-electron chi connectivity index (χ4n) is 3.40. The lowest BCUT2D eigenvalue weighted by molar-refractivity contribution is 0.793. The number of hydrogen-bond acceptors (Lipinski definition) is 5. The summed E-state index contributed by atoms with van der Waals surface area (Å²) < 4.78 is 0.840. The first-order valence-electron chi connectivity index (χ1n) is 9.36. The molecule has 0 radical (unpaired) electrons. The predicted octanol–water partition coefficient (Wildman–Crippen LogP) is 4.93. The lowest BCUT2D eigenvalue weighted by Gasteiger charge is -2.36. The average Bonchev–Trinajstić information content (AvgIpc) is 2.67. The molecule has 1 fully saturated rings. The molecule has 1 aromatic carbocycles. The number of rotatable bonds is 4. The Morgan fingerprint density at radius 2 is 1.85 bits per heavy atom. The first-order valence-corrected chi connectivity index (χ1v) is 13.6. The Bertz CT molecular complexity index is 935.